The van der Waals surface area contributed by atoms with Crippen LogP contribution in [0.1, 0.15) is 71.6 Å². The Labute approximate surface area is 178 Å². The highest BCUT2D eigenvalue weighted by atomic mass is 127. The molecule has 0 aromatic heterocycles. The summed E-state index contributed by atoms with van der Waals surface area (Å²) in [6.07, 6.45) is 11.9. The second-order valence-electron chi connectivity index (χ2n) is 7.20. The van der Waals surface area contributed by atoms with Crippen molar-refractivity contribution in [2.24, 2.45) is 10.9 Å². The molecule has 1 atom stereocenters. The molecular weight excluding hydrogens is 441 g/mol. The number of rotatable bonds is 13. The minimum atomic E-state index is 0. The summed E-state index contributed by atoms with van der Waals surface area (Å²) in [5, 5.41) is 6.93. The monoisotopic (exact) mass is 483 g/mol. The fourth-order valence-electron chi connectivity index (χ4n) is 3.34. The van der Waals surface area contributed by atoms with Crippen LogP contribution in [0.2, 0.25) is 0 Å². The van der Waals surface area contributed by atoms with Crippen LogP contribution in [-0.4, -0.2) is 52.0 Å². The Morgan fingerprint density at radius 3 is 2.58 bits per heavy atom. The van der Waals surface area contributed by atoms with Gasteiger partial charge in [-0.05, 0) is 45.4 Å². The van der Waals surface area contributed by atoms with Gasteiger partial charge in [-0.15, -0.1) is 24.0 Å². The molecule has 1 saturated carbocycles. The minimum absolute atomic E-state index is 0. The highest BCUT2D eigenvalue weighted by Gasteiger charge is 2.14. The van der Waals surface area contributed by atoms with Crippen LogP contribution in [0.3, 0.4) is 0 Å². The van der Waals surface area contributed by atoms with E-state index in [-0.39, 0.29) is 24.0 Å². The Kier molecular flexibility index (Phi) is 18.2. The van der Waals surface area contributed by atoms with Gasteiger partial charge >= 0.3 is 0 Å². The number of aliphatic imine (C=N–C) groups is 1. The van der Waals surface area contributed by atoms with Gasteiger partial charge in [-0.2, -0.15) is 0 Å². The first-order valence-electron chi connectivity index (χ1n) is 10.4. The maximum absolute atomic E-state index is 5.48. The summed E-state index contributed by atoms with van der Waals surface area (Å²) in [5.41, 5.74) is 0. The van der Waals surface area contributed by atoms with E-state index >= 15 is 0 Å². The van der Waals surface area contributed by atoms with Crippen LogP contribution >= 0.6 is 24.0 Å². The van der Waals surface area contributed by atoms with E-state index in [0.717, 1.165) is 44.4 Å². The second-order valence-corrected chi connectivity index (χ2v) is 7.20. The molecule has 5 nitrogen and oxygen atoms in total. The highest BCUT2D eigenvalue weighted by molar-refractivity contribution is 14.0. The van der Waals surface area contributed by atoms with Gasteiger partial charge in [0.2, 0.25) is 0 Å². The van der Waals surface area contributed by atoms with Crippen molar-refractivity contribution in [3.8, 4) is 0 Å². The average molecular weight is 483 g/mol. The molecule has 1 unspecified atom stereocenters. The lowest BCUT2D eigenvalue weighted by molar-refractivity contribution is 0.0690. The first-order chi connectivity index (χ1) is 12.3. The smallest absolute Gasteiger partial charge is 0.191 e. The third-order valence-electron chi connectivity index (χ3n) is 4.86. The first kappa shape index (κ1) is 25.9. The third kappa shape index (κ3) is 14.0. The van der Waals surface area contributed by atoms with E-state index in [1.165, 1.54) is 44.9 Å². The van der Waals surface area contributed by atoms with Crippen molar-refractivity contribution in [2.75, 3.05) is 40.0 Å². The molecule has 0 aliphatic heterocycles. The molecule has 1 aliphatic carbocycles. The molecule has 1 aliphatic rings. The molecule has 0 saturated heterocycles. The predicted octanol–water partition coefficient (Wildman–Crippen LogP) is 4.35. The third-order valence-corrected chi connectivity index (χ3v) is 4.86. The van der Waals surface area contributed by atoms with Crippen molar-refractivity contribution in [2.45, 2.75) is 77.7 Å². The number of hydrogen-bond donors (Lipinski definition) is 2. The van der Waals surface area contributed by atoms with Crippen molar-refractivity contribution < 1.29 is 9.47 Å². The highest BCUT2D eigenvalue weighted by Crippen LogP contribution is 2.27. The van der Waals surface area contributed by atoms with Gasteiger partial charge in [0.05, 0.1) is 13.2 Å². The van der Waals surface area contributed by atoms with Gasteiger partial charge in [0, 0.05) is 32.8 Å². The number of nitrogens with one attached hydrogen (secondary N) is 2. The van der Waals surface area contributed by atoms with Gasteiger partial charge in [0.25, 0.3) is 0 Å². The number of hydrogen-bond acceptors (Lipinski definition) is 3. The zero-order valence-electron chi connectivity index (χ0n) is 17.2. The SMILES string of the molecule is CCNC(=NCCCCOCCOC)NC(C)CCC1CCCCC1.I. The van der Waals surface area contributed by atoms with Crippen molar-refractivity contribution in [3.05, 3.63) is 0 Å². The summed E-state index contributed by atoms with van der Waals surface area (Å²) in [6, 6.07) is 0.483. The number of unbranched alkanes of at least 4 members (excludes halogenated alkanes) is 1. The molecule has 0 spiro atoms. The molecule has 1 rings (SSSR count). The maximum atomic E-state index is 5.48. The van der Waals surface area contributed by atoms with Gasteiger partial charge in [-0.1, -0.05) is 32.1 Å². The van der Waals surface area contributed by atoms with Crippen LogP contribution in [0.4, 0.5) is 0 Å². The van der Waals surface area contributed by atoms with E-state index in [1.807, 2.05) is 0 Å². The summed E-state index contributed by atoms with van der Waals surface area (Å²) in [7, 11) is 1.70. The Hall–Kier alpha value is -0.0800. The van der Waals surface area contributed by atoms with E-state index < -0.39 is 0 Å². The molecule has 26 heavy (non-hydrogen) atoms. The largest absolute Gasteiger partial charge is 0.382 e. The summed E-state index contributed by atoms with van der Waals surface area (Å²) in [6.45, 7) is 8.29. The molecule has 0 bridgehead atoms. The Balaban J connectivity index is 0.00000625. The van der Waals surface area contributed by atoms with E-state index in [0.29, 0.717) is 19.3 Å². The molecule has 0 radical (unpaired) electrons. The lowest BCUT2D eigenvalue weighted by atomic mass is 9.85. The van der Waals surface area contributed by atoms with Crippen molar-refractivity contribution in [3.63, 3.8) is 0 Å². The molecule has 0 amide bonds. The quantitative estimate of drug-likeness (QED) is 0.177. The van der Waals surface area contributed by atoms with E-state index in [9.17, 15) is 0 Å². The standard InChI is InChI=1S/C20H41N3O2.HI/c1-4-21-20(22-14-8-9-15-25-17-16-24-3)23-18(2)12-13-19-10-6-5-7-11-19;/h18-19H,4-17H2,1-3H3,(H2,21,22,23);1H. The molecule has 156 valence electrons. The number of ether oxygens (including phenoxy) is 2. The van der Waals surface area contributed by atoms with Gasteiger partial charge < -0.3 is 20.1 Å². The Morgan fingerprint density at radius 2 is 1.88 bits per heavy atom. The predicted molar refractivity (Wildman–Crippen MR) is 122 cm³/mol. The van der Waals surface area contributed by atoms with Crippen molar-refractivity contribution >= 4 is 29.9 Å². The molecule has 1 fully saturated rings. The van der Waals surface area contributed by atoms with Crippen LogP contribution in [0.25, 0.3) is 0 Å². The average Bonchev–Trinajstić information content (AvgIpc) is 2.63. The van der Waals surface area contributed by atoms with Crippen LogP contribution < -0.4 is 10.6 Å². The summed E-state index contributed by atoms with van der Waals surface area (Å²) in [4.78, 5) is 4.70. The topological polar surface area (TPSA) is 54.9 Å². The van der Waals surface area contributed by atoms with Crippen LogP contribution in [0.5, 0.6) is 0 Å². The van der Waals surface area contributed by atoms with E-state index in [4.69, 9.17) is 14.5 Å². The summed E-state index contributed by atoms with van der Waals surface area (Å²) >= 11 is 0. The van der Waals surface area contributed by atoms with Crippen molar-refractivity contribution in [1.29, 1.82) is 0 Å². The summed E-state index contributed by atoms with van der Waals surface area (Å²) in [5.74, 6) is 1.91. The van der Waals surface area contributed by atoms with E-state index in [2.05, 4.69) is 24.5 Å². The first-order valence-corrected chi connectivity index (χ1v) is 10.4. The number of nitrogens with zero attached hydrogens (tertiary/aromatic N) is 1. The molecule has 2 N–H and O–H groups in total. The van der Waals surface area contributed by atoms with Crippen molar-refractivity contribution in [1.82, 2.24) is 10.6 Å². The van der Waals surface area contributed by atoms with Gasteiger partial charge in [0.15, 0.2) is 5.96 Å². The number of halogens is 1. The zero-order chi connectivity index (χ0) is 18.2. The van der Waals surface area contributed by atoms with Gasteiger partial charge in [-0.25, -0.2) is 0 Å². The molecule has 0 aromatic rings. The maximum Gasteiger partial charge on any atom is 0.191 e. The lowest BCUT2D eigenvalue weighted by Crippen LogP contribution is -2.42. The van der Waals surface area contributed by atoms with Crippen LogP contribution in [0.15, 0.2) is 4.99 Å². The molecule has 6 heteroatoms. The zero-order valence-corrected chi connectivity index (χ0v) is 19.6. The lowest BCUT2D eigenvalue weighted by Gasteiger charge is -2.24. The fraction of sp³-hybridized carbons (Fsp3) is 0.950. The van der Waals surface area contributed by atoms with Gasteiger partial charge in [0.1, 0.15) is 0 Å². The Bertz CT molecular complexity index is 337. The second kappa shape index (κ2) is 18.3. The van der Waals surface area contributed by atoms with Crippen LogP contribution in [0, 0.1) is 5.92 Å². The normalized spacial score (nSPS) is 16.8. The number of guanidine groups is 1. The number of methoxy groups -OCH3 is 1. The molecule has 0 heterocycles. The van der Waals surface area contributed by atoms with E-state index in [1.54, 1.807) is 7.11 Å². The van der Waals surface area contributed by atoms with Crippen LogP contribution in [-0.2, 0) is 9.47 Å². The summed E-state index contributed by atoms with van der Waals surface area (Å²) < 4.78 is 10.4. The Morgan fingerprint density at radius 1 is 1.12 bits per heavy atom. The fourth-order valence-corrected chi connectivity index (χ4v) is 3.34. The molecular formula is C20H42IN3O2. The van der Waals surface area contributed by atoms with Gasteiger partial charge in [-0.3, -0.25) is 4.99 Å². The molecule has 0 aromatic carbocycles. The minimum Gasteiger partial charge on any atom is -0.382 e.